The summed E-state index contributed by atoms with van der Waals surface area (Å²) in [5.41, 5.74) is 7.23. The van der Waals surface area contributed by atoms with E-state index in [2.05, 4.69) is 5.32 Å². The molecular formula is C6H13AcN2O2-. The van der Waals surface area contributed by atoms with Crippen LogP contribution in [-0.4, -0.2) is 41.0 Å². The van der Waals surface area contributed by atoms with Crippen molar-refractivity contribution in [3.8, 4) is 0 Å². The first-order chi connectivity index (χ1) is 4.63. The van der Waals surface area contributed by atoms with E-state index in [0.29, 0.717) is 6.54 Å². The van der Waals surface area contributed by atoms with Gasteiger partial charge in [0, 0.05) is 50.1 Å². The van der Waals surface area contributed by atoms with Crippen LogP contribution in [0.25, 0.3) is 5.73 Å². The number of aliphatic hydroxyl groups excluding tert-OH is 2. The first-order valence-electron chi connectivity index (χ1n) is 3.43. The molecule has 1 fully saturated rings. The topological polar surface area (TPSA) is 76.3 Å². The molecular weight excluding hydrogens is 359 g/mol. The predicted octanol–water partition coefficient (Wildman–Crippen LogP) is -0.879. The second-order valence-corrected chi connectivity index (χ2v) is 2.78. The summed E-state index contributed by atoms with van der Waals surface area (Å²) in [5, 5.41) is 21.2. The number of piperidine rings is 1. The molecule has 0 aromatic rings. The van der Waals surface area contributed by atoms with E-state index < -0.39 is 18.2 Å². The van der Waals surface area contributed by atoms with E-state index in [1.165, 1.54) is 0 Å². The molecule has 0 aliphatic carbocycles. The fraction of sp³-hybridized carbons (Fsp3) is 1.00. The maximum Gasteiger partial charge on any atom is 0.0934 e. The van der Waals surface area contributed by atoms with Crippen LogP contribution in [0, 0.1) is 44.1 Å². The molecule has 1 aliphatic heterocycles. The fourth-order valence-corrected chi connectivity index (χ4v) is 1.09. The van der Waals surface area contributed by atoms with Crippen LogP contribution >= 0.6 is 0 Å². The second-order valence-electron chi connectivity index (χ2n) is 2.78. The van der Waals surface area contributed by atoms with Gasteiger partial charge in [0.15, 0.2) is 0 Å². The minimum Gasteiger partial charge on any atom is -0.671 e. The van der Waals surface area contributed by atoms with E-state index in [4.69, 9.17) is 10.8 Å². The molecule has 0 aromatic carbocycles. The summed E-state index contributed by atoms with van der Waals surface area (Å²) in [7, 11) is 0. The minimum atomic E-state index is -0.892. The Morgan fingerprint density at radius 2 is 1.91 bits per heavy atom. The van der Waals surface area contributed by atoms with Crippen molar-refractivity contribution in [2.45, 2.75) is 31.2 Å². The zero-order valence-corrected chi connectivity index (χ0v) is 11.2. The molecule has 1 radical (unpaired) electrons. The summed E-state index contributed by atoms with van der Waals surface area (Å²) in [6, 6.07) is -0.692. The predicted molar refractivity (Wildman–Crippen MR) is 37.6 cm³/mol. The second kappa shape index (κ2) is 5.11. The molecule has 1 aliphatic rings. The largest absolute Gasteiger partial charge is 0.671 e. The van der Waals surface area contributed by atoms with Crippen LogP contribution in [0.2, 0.25) is 0 Å². The average molecular weight is 372 g/mol. The minimum absolute atomic E-state index is 0. The van der Waals surface area contributed by atoms with Gasteiger partial charge in [-0.15, -0.1) is 0 Å². The Morgan fingerprint density at radius 3 is 2.36 bits per heavy atom. The van der Waals surface area contributed by atoms with Crippen molar-refractivity contribution in [1.82, 2.24) is 5.32 Å². The summed E-state index contributed by atoms with van der Waals surface area (Å²) in [4.78, 5) is 0. The van der Waals surface area contributed by atoms with Crippen LogP contribution in [0.3, 0.4) is 0 Å². The third kappa shape index (κ3) is 2.91. The third-order valence-electron chi connectivity index (χ3n) is 1.93. The first-order valence-corrected chi connectivity index (χ1v) is 3.43. The molecule has 0 amide bonds. The summed E-state index contributed by atoms with van der Waals surface area (Å²) in [6.45, 7) is 2.25. The van der Waals surface area contributed by atoms with Crippen molar-refractivity contribution in [2.24, 2.45) is 0 Å². The SMILES string of the molecule is CC1NCC([NH-])C(O)[C@H]1O.[Ac]. The van der Waals surface area contributed by atoms with Gasteiger partial charge in [-0.3, -0.25) is 0 Å². The van der Waals surface area contributed by atoms with E-state index in [0.717, 1.165) is 0 Å². The van der Waals surface area contributed by atoms with Crippen LogP contribution in [0.1, 0.15) is 6.92 Å². The number of rotatable bonds is 0. The van der Waals surface area contributed by atoms with Crippen molar-refractivity contribution in [1.29, 1.82) is 0 Å². The van der Waals surface area contributed by atoms with Gasteiger partial charge in [0.1, 0.15) is 0 Å². The van der Waals surface area contributed by atoms with Crippen LogP contribution in [0.4, 0.5) is 0 Å². The van der Waals surface area contributed by atoms with Crippen LogP contribution in [-0.2, 0) is 0 Å². The van der Waals surface area contributed by atoms with Gasteiger partial charge in [-0.1, -0.05) is 6.04 Å². The maximum atomic E-state index is 9.18. The monoisotopic (exact) mass is 372 g/mol. The molecule has 63 valence electrons. The van der Waals surface area contributed by atoms with Gasteiger partial charge in [-0.05, 0) is 13.5 Å². The summed E-state index contributed by atoms with van der Waals surface area (Å²) < 4.78 is 0. The third-order valence-corrected chi connectivity index (χ3v) is 1.93. The van der Waals surface area contributed by atoms with Gasteiger partial charge in [0.25, 0.3) is 0 Å². The number of hydrogen-bond donors (Lipinski definition) is 3. The van der Waals surface area contributed by atoms with E-state index in [-0.39, 0.29) is 50.1 Å². The van der Waals surface area contributed by atoms with Gasteiger partial charge in [-0.25, -0.2) is 0 Å². The molecule has 4 N–H and O–H groups in total. The maximum absolute atomic E-state index is 9.18. The van der Waals surface area contributed by atoms with Gasteiger partial charge in [0.2, 0.25) is 0 Å². The van der Waals surface area contributed by atoms with Crippen molar-refractivity contribution < 1.29 is 54.3 Å². The first kappa shape index (κ1) is 12.3. The molecule has 1 rings (SSSR count). The summed E-state index contributed by atoms with van der Waals surface area (Å²) in [5.74, 6) is 0. The Kier molecular flexibility index (Phi) is 5.70. The normalized spacial score (nSPS) is 44.7. The Bertz CT molecular complexity index is 111. The zero-order chi connectivity index (χ0) is 7.72. The Morgan fingerprint density at radius 1 is 1.36 bits per heavy atom. The van der Waals surface area contributed by atoms with Gasteiger partial charge >= 0.3 is 0 Å². The molecule has 11 heavy (non-hydrogen) atoms. The standard InChI is InChI=1S/C6H13N2O2.Ac/c1-3-5(9)6(10)4(7)2-8-3;/h3-10H,2H2,1H3;/q-1;/t3?,4?,5-,6?;/m0./s1. The van der Waals surface area contributed by atoms with Crippen molar-refractivity contribution in [3.05, 3.63) is 5.73 Å². The van der Waals surface area contributed by atoms with Crippen molar-refractivity contribution in [2.75, 3.05) is 6.54 Å². The molecule has 0 aromatic heterocycles. The van der Waals surface area contributed by atoms with E-state index in [1.807, 2.05) is 0 Å². The molecule has 3 unspecified atom stereocenters. The number of hydrogen-bond acceptors (Lipinski definition) is 3. The Labute approximate surface area is 102 Å². The Balaban J connectivity index is 0.000001000. The fourth-order valence-electron chi connectivity index (χ4n) is 1.09. The van der Waals surface area contributed by atoms with Crippen LogP contribution in [0.15, 0.2) is 0 Å². The van der Waals surface area contributed by atoms with E-state index >= 15 is 0 Å². The van der Waals surface area contributed by atoms with Gasteiger partial charge in [-0.2, -0.15) is 0 Å². The zero-order valence-electron chi connectivity index (χ0n) is 6.49. The smallest absolute Gasteiger partial charge is 0.0934 e. The quantitative estimate of drug-likeness (QED) is 0.517. The van der Waals surface area contributed by atoms with E-state index in [1.54, 1.807) is 6.92 Å². The molecule has 4 atom stereocenters. The van der Waals surface area contributed by atoms with Gasteiger partial charge < -0.3 is 21.3 Å². The average Bonchev–Trinajstić information content (AvgIpc) is 1.93. The van der Waals surface area contributed by atoms with Crippen molar-refractivity contribution in [3.63, 3.8) is 0 Å². The van der Waals surface area contributed by atoms with E-state index in [9.17, 15) is 5.11 Å². The molecule has 0 spiro atoms. The number of nitrogens with one attached hydrogen (secondary N) is 2. The molecule has 1 heterocycles. The summed E-state index contributed by atoms with van der Waals surface area (Å²) in [6.07, 6.45) is -1.69. The summed E-state index contributed by atoms with van der Waals surface area (Å²) >= 11 is 0. The van der Waals surface area contributed by atoms with Crippen LogP contribution in [0.5, 0.6) is 0 Å². The molecule has 4 nitrogen and oxygen atoms in total. The molecule has 0 bridgehead atoms. The molecule has 1 saturated heterocycles. The molecule has 5 heteroatoms. The van der Waals surface area contributed by atoms with Crippen LogP contribution < -0.4 is 5.32 Å². The number of aliphatic hydroxyl groups is 2. The molecule has 0 saturated carbocycles. The Hall–Kier alpha value is 1.28. The van der Waals surface area contributed by atoms with Crippen molar-refractivity contribution >= 4 is 0 Å². The van der Waals surface area contributed by atoms with Gasteiger partial charge in [0.05, 0.1) is 12.2 Å².